The van der Waals surface area contributed by atoms with Crippen molar-refractivity contribution < 1.29 is 13.2 Å². The number of benzene rings is 1. The molecule has 1 aromatic heterocycles. The van der Waals surface area contributed by atoms with Crippen molar-refractivity contribution in [3.05, 3.63) is 39.6 Å². The molecule has 0 radical (unpaired) electrons. The lowest BCUT2D eigenvalue weighted by Gasteiger charge is -2.36. The van der Waals surface area contributed by atoms with E-state index >= 15 is 0 Å². The van der Waals surface area contributed by atoms with Crippen molar-refractivity contribution in [2.45, 2.75) is 12.6 Å². The van der Waals surface area contributed by atoms with Crippen molar-refractivity contribution >= 4 is 27.1 Å². The second-order valence-corrected chi connectivity index (χ2v) is 8.20. The SMILES string of the molecule is [N-]=[N+]=NCC1CC1CN1CCN(c2csc3cc(C(F)(F)F)ccc23)CC1. The summed E-state index contributed by atoms with van der Waals surface area (Å²) in [5, 5.41) is 6.53. The van der Waals surface area contributed by atoms with Crippen LogP contribution in [0.3, 0.4) is 0 Å². The van der Waals surface area contributed by atoms with E-state index in [1.165, 1.54) is 23.5 Å². The number of azide groups is 1. The lowest BCUT2D eigenvalue weighted by molar-refractivity contribution is -0.137. The Kier molecular flexibility index (Phi) is 4.92. The van der Waals surface area contributed by atoms with Crippen molar-refractivity contribution in [2.24, 2.45) is 17.0 Å². The van der Waals surface area contributed by atoms with Crippen molar-refractivity contribution in [1.82, 2.24) is 4.90 Å². The van der Waals surface area contributed by atoms with Crippen LogP contribution in [0.1, 0.15) is 12.0 Å². The van der Waals surface area contributed by atoms with Crippen LogP contribution in [-0.4, -0.2) is 44.2 Å². The Morgan fingerprint density at radius 3 is 2.67 bits per heavy atom. The third-order valence-corrected chi connectivity index (χ3v) is 6.47. The van der Waals surface area contributed by atoms with Crippen molar-refractivity contribution in [3.63, 3.8) is 0 Å². The molecule has 0 amide bonds. The molecule has 1 aromatic carbocycles. The molecule has 1 saturated carbocycles. The van der Waals surface area contributed by atoms with Gasteiger partial charge in [-0.1, -0.05) is 11.2 Å². The van der Waals surface area contributed by atoms with Gasteiger partial charge in [0.15, 0.2) is 0 Å². The molecule has 144 valence electrons. The summed E-state index contributed by atoms with van der Waals surface area (Å²) in [6.07, 6.45) is -3.17. The number of rotatable bonds is 5. The summed E-state index contributed by atoms with van der Waals surface area (Å²) in [5.74, 6) is 1.16. The minimum absolute atomic E-state index is 0.530. The van der Waals surface area contributed by atoms with Gasteiger partial charge in [-0.3, -0.25) is 4.90 Å². The molecule has 27 heavy (non-hydrogen) atoms. The van der Waals surface area contributed by atoms with Gasteiger partial charge in [0.1, 0.15) is 0 Å². The van der Waals surface area contributed by atoms with Gasteiger partial charge in [-0.15, -0.1) is 11.3 Å². The Morgan fingerprint density at radius 2 is 1.96 bits per heavy atom. The van der Waals surface area contributed by atoms with E-state index in [1.54, 1.807) is 6.07 Å². The summed E-state index contributed by atoms with van der Waals surface area (Å²) in [6.45, 7) is 5.29. The maximum Gasteiger partial charge on any atom is 0.416 e. The van der Waals surface area contributed by atoms with Crippen LogP contribution in [0.4, 0.5) is 18.9 Å². The highest BCUT2D eigenvalue weighted by atomic mass is 32.1. The first-order valence-electron chi connectivity index (χ1n) is 9.02. The van der Waals surface area contributed by atoms with Gasteiger partial charge in [0.2, 0.25) is 0 Å². The molecule has 9 heteroatoms. The fraction of sp³-hybridized carbons (Fsp3) is 0.556. The summed E-state index contributed by atoms with van der Waals surface area (Å²) in [5.41, 5.74) is 8.84. The first-order chi connectivity index (χ1) is 13.0. The number of halogens is 3. The second-order valence-electron chi connectivity index (χ2n) is 7.29. The molecule has 5 nitrogen and oxygen atoms in total. The van der Waals surface area contributed by atoms with E-state index in [9.17, 15) is 13.2 Å². The van der Waals surface area contributed by atoms with Gasteiger partial charge in [-0.2, -0.15) is 13.2 Å². The van der Waals surface area contributed by atoms with Crippen LogP contribution in [0, 0.1) is 11.8 Å². The molecule has 2 aliphatic rings. The topological polar surface area (TPSA) is 55.2 Å². The summed E-state index contributed by atoms with van der Waals surface area (Å²) in [4.78, 5) is 7.53. The quantitative estimate of drug-likeness (QED) is 0.407. The number of hydrogen-bond acceptors (Lipinski definition) is 4. The number of alkyl halides is 3. The summed E-state index contributed by atoms with van der Waals surface area (Å²) >= 11 is 1.37. The molecule has 2 heterocycles. The van der Waals surface area contributed by atoms with Crippen LogP contribution >= 0.6 is 11.3 Å². The minimum Gasteiger partial charge on any atom is -0.368 e. The molecule has 0 bridgehead atoms. The zero-order valence-corrected chi connectivity index (χ0v) is 15.5. The maximum atomic E-state index is 12.9. The summed E-state index contributed by atoms with van der Waals surface area (Å²) in [7, 11) is 0. The molecule has 2 aromatic rings. The van der Waals surface area contributed by atoms with E-state index in [0.717, 1.165) is 50.2 Å². The molecule has 0 N–H and O–H groups in total. The summed E-state index contributed by atoms with van der Waals surface area (Å²) < 4.78 is 39.4. The predicted octanol–water partition coefficient (Wildman–Crippen LogP) is 4.99. The zero-order valence-electron chi connectivity index (χ0n) is 14.7. The molecule has 2 atom stereocenters. The smallest absolute Gasteiger partial charge is 0.368 e. The zero-order chi connectivity index (χ0) is 19.0. The average molecular weight is 395 g/mol. The Balaban J connectivity index is 1.36. The third-order valence-electron chi connectivity index (χ3n) is 5.54. The Bertz CT molecular complexity index is 865. The van der Waals surface area contributed by atoms with Crippen molar-refractivity contribution in [3.8, 4) is 0 Å². The van der Waals surface area contributed by atoms with E-state index < -0.39 is 11.7 Å². The highest BCUT2D eigenvalue weighted by Gasteiger charge is 2.38. The van der Waals surface area contributed by atoms with Crippen LogP contribution in [0.25, 0.3) is 20.5 Å². The largest absolute Gasteiger partial charge is 0.416 e. The van der Waals surface area contributed by atoms with E-state index in [0.29, 0.717) is 23.1 Å². The van der Waals surface area contributed by atoms with Gasteiger partial charge in [-0.05, 0) is 35.9 Å². The van der Waals surface area contributed by atoms with Crippen LogP contribution in [0.2, 0.25) is 0 Å². The molecule has 1 aliphatic heterocycles. The van der Waals surface area contributed by atoms with Crippen LogP contribution in [0.15, 0.2) is 28.7 Å². The van der Waals surface area contributed by atoms with Gasteiger partial charge in [-0.25, -0.2) is 0 Å². The molecular formula is C18H20F3N5S. The van der Waals surface area contributed by atoms with Gasteiger partial charge in [0, 0.05) is 59.6 Å². The van der Waals surface area contributed by atoms with Crippen LogP contribution in [-0.2, 0) is 6.18 Å². The monoisotopic (exact) mass is 395 g/mol. The molecule has 2 unspecified atom stereocenters. The third kappa shape index (κ3) is 4.00. The minimum atomic E-state index is -4.30. The molecule has 0 spiro atoms. The number of thiophene rings is 1. The Hall–Kier alpha value is -1.96. The average Bonchev–Trinajstić information content (AvgIpc) is 3.24. The number of piperazine rings is 1. The number of nitrogens with zero attached hydrogens (tertiary/aromatic N) is 5. The molecule has 2 fully saturated rings. The number of hydrogen-bond donors (Lipinski definition) is 0. The van der Waals surface area contributed by atoms with E-state index in [1.807, 2.05) is 5.38 Å². The predicted molar refractivity (Wildman–Crippen MR) is 101 cm³/mol. The standard InChI is InChI=1S/C18H20F3N5S/c19-18(20,21)14-1-2-15-16(11-27-17(15)8-14)26-5-3-25(4-6-26)10-13-7-12(13)9-23-24-22/h1-2,8,11-13H,3-7,9-10H2. The van der Waals surface area contributed by atoms with E-state index in [2.05, 4.69) is 19.8 Å². The van der Waals surface area contributed by atoms with Crippen LogP contribution < -0.4 is 4.90 Å². The van der Waals surface area contributed by atoms with Crippen molar-refractivity contribution in [1.29, 1.82) is 0 Å². The van der Waals surface area contributed by atoms with E-state index in [4.69, 9.17) is 5.53 Å². The first kappa shape index (κ1) is 18.4. The van der Waals surface area contributed by atoms with Gasteiger partial charge < -0.3 is 4.90 Å². The fourth-order valence-electron chi connectivity index (χ4n) is 3.84. The first-order valence-corrected chi connectivity index (χ1v) is 9.90. The van der Waals surface area contributed by atoms with Crippen LogP contribution in [0.5, 0.6) is 0 Å². The number of anilines is 1. The fourth-order valence-corrected chi connectivity index (χ4v) is 4.85. The summed E-state index contributed by atoms with van der Waals surface area (Å²) in [6, 6.07) is 4.02. The lowest BCUT2D eigenvalue weighted by Crippen LogP contribution is -2.47. The second kappa shape index (κ2) is 7.22. The molecule has 1 aliphatic carbocycles. The Morgan fingerprint density at radius 1 is 1.19 bits per heavy atom. The molecular weight excluding hydrogens is 375 g/mol. The van der Waals surface area contributed by atoms with Crippen molar-refractivity contribution in [2.75, 3.05) is 44.2 Å². The number of fused-ring (bicyclic) bond motifs is 1. The molecule has 4 rings (SSSR count). The molecule has 1 saturated heterocycles. The Labute approximate surface area is 159 Å². The lowest BCUT2D eigenvalue weighted by atomic mass is 10.1. The van der Waals surface area contributed by atoms with Gasteiger partial charge >= 0.3 is 6.18 Å². The van der Waals surface area contributed by atoms with E-state index in [-0.39, 0.29) is 0 Å². The maximum absolute atomic E-state index is 12.9. The van der Waals surface area contributed by atoms with Gasteiger partial charge in [0.05, 0.1) is 11.3 Å². The highest BCUT2D eigenvalue weighted by molar-refractivity contribution is 7.17. The highest BCUT2D eigenvalue weighted by Crippen LogP contribution is 2.40. The normalized spacial score (nSPS) is 23.4. The van der Waals surface area contributed by atoms with Gasteiger partial charge in [0.25, 0.3) is 0 Å².